The molecule has 1 aromatic heterocycles. The Labute approximate surface area is 188 Å². The second-order valence-electron chi connectivity index (χ2n) is 7.38. The summed E-state index contributed by atoms with van der Waals surface area (Å²) in [6, 6.07) is 22.3. The molecule has 0 aliphatic carbocycles. The van der Waals surface area contributed by atoms with Gasteiger partial charge >= 0.3 is 6.03 Å². The van der Waals surface area contributed by atoms with E-state index >= 15 is 0 Å². The fourth-order valence-electron chi connectivity index (χ4n) is 3.27. The van der Waals surface area contributed by atoms with E-state index in [-0.39, 0.29) is 18.5 Å². The lowest BCUT2D eigenvalue weighted by Crippen LogP contribution is -2.44. The van der Waals surface area contributed by atoms with Gasteiger partial charge in [0.05, 0.1) is 12.8 Å². The molecule has 0 fully saturated rings. The van der Waals surface area contributed by atoms with E-state index in [0.29, 0.717) is 44.1 Å². The SMILES string of the molecule is COCCCN(CC(=O)N(Cc1ccccc1)Cc1ccco1)C(=O)Nc1ccccc1. The van der Waals surface area contributed by atoms with Gasteiger partial charge in [-0.15, -0.1) is 0 Å². The Kier molecular flexibility index (Phi) is 8.89. The number of nitrogens with zero attached hydrogens (tertiary/aromatic N) is 2. The van der Waals surface area contributed by atoms with Crippen molar-refractivity contribution in [3.8, 4) is 0 Å². The molecule has 2 aromatic carbocycles. The van der Waals surface area contributed by atoms with E-state index in [4.69, 9.17) is 9.15 Å². The van der Waals surface area contributed by atoms with E-state index in [0.717, 1.165) is 5.56 Å². The van der Waals surface area contributed by atoms with Crippen LogP contribution in [0.1, 0.15) is 17.7 Å². The summed E-state index contributed by atoms with van der Waals surface area (Å²) >= 11 is 0. The number of amides is 3. The number of carbonyl (C=O) groups excluding carboxylic acids is 2. The maximum Gasteiger partial charge on any atom is 0.322 e. The van der Waals surface area contributed by atoms with Crippen LogP contribution in [0, 0.1) is 0 Å². The number of carbonyl (C=O) groups is 2. The van der Waals surface area contributed by atoms with Gasteiger partial charge in [-0.3, -0.25) is 4.79 Å². The van der Waals surface area contributed by atoms with Crippen molar-refractivity contribution in [1.82, 2.24) is 9.80 Å². The molecule has 1 heterocycles. The number of hydrogen-bond donors (Lipinski definition) is 1. The molecule has 0 atom stereocenters. The Morgan fingerprint density at radius 1 is 0.906 bits per heavy atom. The van der Waals surface area contributed by atoms with Crippen molar-refractivity contribution in [2.75, 3.05) is 32.1 Å². The lowest BCUT2D eigenvalue weighted by atomic mass is 10.2. The zero-order valence-electron chi connectivity index (χ0n) is 18.3. The molecule has 7 heteroatoms. The standard InChI is InChI=1S/C25H29N3O4/c1-31-16-9-15-27(25(30)26-22-12-6-3-7-13-22)20-24(29)28(19-23-14-8-17-32-23)18-21-10-4-2-5-11-21/h2-8,10-14,17H,9,15-16,18-20H2,1H3,(H,26,30). The van der Waals surface area contributed by atoms with Crippen LogP contribution in [0.4, 0.5) is 10.5 Å². The second-order valence-corrected chi connectivity index (χ2v) is 7.38. The molecule has 0 aliphatic heterocycles. The molecule has 0 saturated heterocycles. The summed E-state index contributed by atoms with van der Waals surface area (Å²) in [5.74, 6) is 0.528. The smallest absolute Gasteiger partial charge is 0.322 e. The number of nitrogens with one attached hydrogen (secondary N) is 1. The van der Waals surface area contributed by atoms with Gasteiger partial charge in [-0.1, -0.05) is 48.5 Å². The summed E-state index contributed by atoms with van der Waals surface area (Å²) in [4.78, 5) is 29.5. The van der Waals surface area contributed by atoms with Crippen LogP contribution in [0.3, 0.4) is 0 Å². The number of furan rings is 1. The molecule has 1 N–H and O–H groups in total. The van der Waals surface area contributed by atoms with Gasteiger partial charge in [0.25, 0.3) is 0 Å². The number of benzene rings is 2. The Morgan fingerprint density at radius 3 is 2.28 bits per heavy atom. The molecule has 0 radical (unpaired) electrons. The lowest BCUT2D eigenvalue weighted by molar-refractivity contribution is -0.133. The van der Waals surface area contributed by atoms with Crippen molar-refractivity contribution >= 4 is 17.6 Å². The van der Waals surface area contributed by atoms with Crippen LogP contribution in [0.5, 0.6) is 0 Å². The predicted octanol–water partition coefficient (Wildman–Crippen LogP) is 4.38. The summed E-state index contributed by atoms with van der Waals surface area (Å²) in [6.07, 6.45) is 2.22. The van der Waals surface area contributed by atoms with Crippen molar-refractivity contribution < 1.29 is 18.7 Å². The molecule has 3 amide bonds. The van der Waals surface area contributed by atoms with E-state index in [1.165, 1.54) is 4.90 Å². The summed E-state index contributed by atoms with van der Waals surface area (Å²) < 4.78 is 10.6. The lowest BCUT2D eigenvalue weighted by Gasteiger charge is -2.27. The van der Waals surface area contributed by atoms with Gasteiger partial charge in [0, 0.05) is 32.5 Å². The maximum absolute atomic E-state index is 13.3. The zero-order chi connectivity index (χ0) is 22.6. The van der Waals surface area contributed by atoms with Gasteiger partial charge in [0.15, 0.2) is 0 Å². The van der Waals surface area contributed by atoms with Crippen LogP contribution in [0.15, 0.2) is 83.5 Å². The van der Waals surface area contributed by atoms with Crippen molar-refractivity contribution in [3.05, 3.63) is 90.4 Å². The molecule has 0 bridgehead atoms. The molecular formula is C25H29N3O4. The van der Waals surface area contributed by atoms with E-state index < -0.39 is 0 Å². The molecule has 0 unspecified atom stereocenters. The minimum atomic E-state index is -0.321. The quantitative estimate of drug-likeness (QED) is 0.454. The topological polar surface area (TPSA) is 75.0 Å². The van der Waals surface area contributed by atoms with Crippen LogP contribution < -0.4 is 5.32 Å². The van der Waals surface area contributed by atoms with E-state index in [1.54, 1.807) is 24.3 Å². The van der Waals surface area contributed by atoms with Crippen molar-refractivity contribution in [2.45, 2.75) is 19.5 Å². The molecule has 0 aliphatic rings. The molecule has 32 heavy (non-hydrogen) atoms. The number of para-hydroxylation sites is 1. The Bertz CT molecular complexity index is 946. The van der Waals surface area contributed by atoms with Crippen molar-refractivity contribution in [3.63, 3.8) is 0 Å². The number of anilines is 1. The highest BCUT2D eigenvalue weighted by Crippen LogP contribution is 2.13. The summed E-state index contributed by atoms with van der Waals surface area (Å²) in [5, 5.41) is 2.87. The summed E-state index contributed by atoms with van der Waals surface area (Å²) in [6.45, 7) is 1.61. The van der Waals surface area contributed by atoms with E-state index in [2.05, 4.69) is 5.32 Å². The summed E-state index contributed by atoms with van der Waals surface area (Å²) in [5.41, 5.74) is 1.69. The molecule has 3 rings (SSSR count). The second kappa shape index (κ2) is 12.3. The molecule has 3 aromatic rings. The fraction of sp³-hybridized carbons (Fsp3) is 0.280. The van der Waals surface area contributed by atoms with Crippen molar-refractivity contribution in [1.29, 1.82) is 0 Å². The third-order valence-electron chi connectivity index (χ3n) is 4.91. The van der Waals surface area contributed by atoms with Gasteiger partial charge in [-0.25, -0.2) is 4.79 Å². The van der Waals surface area contributed by atoms with Crippen LogP contribution >= 0.6 is 0 Å². The van der Waals surface area contributed by atoms with Gasteiger partial charge in [0.1, 0.15) is 12.3 Å². The van der Waals surface area contributed by atoms with Crippen molar-refractivity contribution in [2.24, 2.45) is 0 Å². The number of hydrogen-bond acceptors (Lipinski definition) is 4. The third-order valence-corrected chi connectivity index (χ3v) is 4.91. The molecule has 0 saturated carbocycles. The van der Waals surface area contributed by atoms with Crippen LogP contribution in [0.2, 0.25) is 0 Å². The first-order valence-electron chi connectivity index (χ1n) is 10.6. The van der Waals surface area contributed by atoms with Crippen LogP contribution in [-0.2, 0) is 22.6 Å². The van der Waals surface area contributed by atoms with E-state index in [1.807, 2.05) is 66.7 Å². The monoisotopic (exact) mass is 435 g/mol. The van der Waals surface area contributed by atoms with Crippen LogP contribution in [0.25, 0.3) is 0 Å². The Morgan fingerprint density at radius 2 is 1.62 bits per heavy atom. The largest absolute Gasteiger partial charge is 0.467 e. The first-order valence-corrected chi connectivity index (χ1v) is 10.6. The first kappa shape index (κ1) is 23.1. The molecular weight excluding hydrogens is 406 g/mol. The normalized spacial score (nSPS) is 10.5. The number of urea groups is 1. The van der Waals surface area contributed by atoms with Gasteiger partial charge in [-0.2, -0.15) is 0 Å². The Hall–Kier alpha value is -3.58. The highest BCUT2D eigenvalue weighted by molar-refractivity contribution is 5.92. The van der Waals surface area contributed by atoms with Crippen LogP contribution in [-0.4, -0.2) is 48.5 Å². The minimum Gasteiger partial charge on any atom is -0.467 e. The first-order chi connectivity index (χ1) is 15.7. The summed E-state index contributed by atoms with van der Waals surface area (Å²) in [7, 11) is 1.62. The Balaban J connectivity index is 1.72. The average Bonchev–Trinajstić information content (AvgIpc) is 3.32. The third kappa shape index (κ3) is 7.28. The number of ether oxygens (including phenoxy) is 1. The highest BCUT2D eigenvalue weighted by Gasteiger charge is 2.22. The average molecular weight is 436 g/mol. The predicted molar refractivity (Wildman–Crippen MR) is 123 cm³/mol. The van der Waals surface area contributed by atoms with Gasteiger partial charge < -0.3 is 24.3 Å². The molecule has 7 nitrogen and oxygen atoms in total. The van der Waals surface area contributed by atoms with Gasteiger partial charge in [0.2, 0.25) is 5.91 Å². The minimum absolute atomic E-state index is 0.0457. The highest BCUT2D eigenvalue weighted by atomic mass is 16.5. The zero-order valence-corrected chi connectivity index (χ0v) is 18.3. The number of methoxy groups -OCH3 is 1. The molecule has 0 spiro atoms. The van der Waals surface area contributed by atoms with E-state index in [9.17, 15) is 9.59 Å². The maximum atomic E-state index is 13.3. The molecule has 168 valence electrons. The van der Waals surface area contributed by atoms with Gasteiger partial charge in [-0.05, 0) is 36.2 Å². The number of rotatable bonds is 11. The fourth-order valence-corrected chi connectivity index (χ4v) is 3.27.